The topological polar surface area (TPSA) is 54.3 Å². The van der Waals surface area contributed by atoms with Crippen molar-refractivity contribution in [2.45, 2.75) is 13.0 Å². The molecule has 0 aliphatic carbocycles. The average Bonchev–Trinajstić information content (AvgIpc) is 2.86. The number of likely N-dealkylation sites (N-methyl/N-ethyl adjacent to an activating group) is 1. The molecule has 4 rings (SSSR count). The van der Waals surface area contributed by atoms with Gasteiger partial charge in [-0.05, 0) is 49.4 Å². The Morgan fingerprint density at radius 2 is 2.04 bits per heavy atom. The molecule has 24 heavy (non-hydrogen) atoms. The van der Waals surface area contributed by atoms with Crippen molar-refractivity contribution in [3.8, 4) is 16.9 Å². The molecule has 2 heterocycles. The lowest BCUT2D eigenvalue weighted by atomic mass is 9.98. The molecule has 124 valence electrons. The Balaban J connectivity index is 1.84. The van der Waals surface area contributed by atoms with Gasteiger partial charge in [0.15, 0.2) is 0 Å². The largest absolute Gasteiger partial charge is 0.487 e. The number of fused-ring (bicyclic) bond motifs is 1. The average molecular weight is 325 g/mol. The van der Waals surface area contributed by atoms with Gasteiger partial charge in [-0.1, -0.05) is 12.1 Å². The Kier molecular flexibility index (Phi) is 3.46. The predicted molar refractivity (Wildman–Crippen MR) is 94.8 cm³/mol. The van der Waals surface area contributed by atoms with E-state index in [9.17, 15) is 4.39 Å². The van der Waals surface area contributed by atoms with E-state index >= 15 is 0 Å². The van der Waals surface area contributed by atoms with Crippen molar-refractivity contribution < 1.29 is 9.13 Å². The molecular weight excluding hydrogens is 305 g/mol. The molecule has 5 heteroatoms. The number of nitrogens with one attached hydrogen (secondary N) is 1. The van der Waals surface area contributed by atoms with Gasteiger partial charge >= 0.3 is 0 Å². The number of ether oxygens (including phenoxy) is 1. The summed E-state index contributed by atoms with van der Waals surface area (Å²) in [6.07, 6.45) is 0.159. The molecule has 0 spiro atoms. The first-order chi connectivity index (χ1) is 11.5. The second kappa shape index (κ2) is 5.53. The first-order valence-corrected chi connectivity index (χ1v) is 8.04. The highest BCUT2D eigenvalue weighted by molar-refractivity contribution is 5.93. The number of aromatic nitrogens is 1. The summed E-state index contributed by atoms with van der Waals surface area (Å²) < 4.78 is 20.5. The van der Waals surface area contributed by atoms with Crippen LogP contribution in [0.2, 0.25) is 0 Å². The standard InChI is InChI=1S/C19H20FN3O/c1-11-4-3-5-15(20)19(11)12-6-16-14(8-18(21)22-16)17(7-12)24-13-9-23(2)10-13/h3-8,13,22H,9-10,21H2,1-2H3. The highest BCUT2D eigenvalue weighted by atomic mass is 19.1. The minimum Gasteiger partial charge on any atom is -0.487 e. The number of halogens is 1. The second-order valence-corrected chi connectivity index (χ2v) is 6.55. The monoisotopic (exact) mass is 325 g/mol. The van der Waals surface area contributed by atoms with E-state index in [0.717, 1.165) is 40.9 Å². The van der Waals surface area contributed by atoms with E-state index in [1.807, 2.05) is 31.2 Å². The van der Waals surface area contributed by atoms with E-state index in [-0.39, 0.29) is 11.9 Å². The summed E-state index contributed by atoms with van der Waals surface area (Å²) >= 11 is 0. The molecule has 0 atom stereocenters. The second-order valence-electron chi connectivity index (χ2n) is 6.55. The van der Waals surface area contributed by atoms with Crippen LogP contribution in [0.25, 0.3) is 22.0 Å². The van der Waals surface area contributed by atoms with Crippen LogP contribution in [0.15, 0.2) is 36.4 Å². The van der Waals surface area contributed by atoms with E-state index in [2.05, 4.69) is 16.9 Å². The molecule has 0 bridgehead atoms. The summed E-state index contributed by atoms with van der Waals surface area (Å²) in [5.74, 6) is 1.09. The number of likely N-dealkylation sites (tertiary alicyclic amines) is 1. The van der Waals surface area contributed by atoms with Crippen LogP contribution in [0, 0.1) is 12.7 Å². The van der Waals surface area contributed by atoms with Gasteiger partial charge in [-0.3, -0.25) is 4.90 Å². The maximum absolute atomic E-state index is 14.4. The number of nitrogens with two attached hydrogens (primary N) is 1. The minimum atomic E-state index is -0.233. The molecule has 0 saturated carbocycles. The third-order valence-electron chi connectivity index (χ3n) is 4.56. The number of nitrogens with zero attached hydrogens (tertiary/aromatic N) is 1. The van der Waals surface area contributed by atoms with Crippen LogP contribution < -0.4 is 10.5 Å². The van der Waals surface area contributed by atoms with Crippen molar-refractivity contribution in [2.24, 2.45) is 0 Å². The molecule has 1 aliphatic heterocycles. The van der Waals surface area contributed by atoms with Gasteiger partial charge in [0.25, 0.3) is 0 Å². The van der Waals surface area contributed by atoms with Crippen LogP contribution in [-0.4, -0.2) is 36.1 Å². The molecule has 4 nitrogen and oxygen atoms in total. The Morgan fingerprint density at radius 1 is 1.25 bits per heavy atom. The van der Waals surface area contributed by atoms with Crippen molar-refractivity contribution in [1.82, 2.24) is 9.88 Å². The normalized spacial score (nSPS) is 15.6. The summed E-state index contributed by atoms with van der Waals surface area (Å²) in [5, 5.41) is 0.930. The van der Waals surface area contributed by atoms with Gasteiger partial charge in [-0.25, -0.2) is 4.39 Å². The van der Waals surface area contributed by atoms with Crippen molar-refractivity contribution >= 4 is 16.7 Å². The van der Waals surface area contributed by atoms with Gasteiger partial charge < -0.3 is 15.5 Å². The third kappa shape index (κ3) is 2.51. The van der Waals surface area contributed by atoms with E-state index in [1.54, 1.807) is 6.07 Å². The SMILES string of the molecule is Cc1cccc(F)c1-c1cc(OC2CN(C)C2)c2cc(N)[nH]c2c1. The Hall–Kier alpha value is -2.53. The zero-order valence-electron chi connectivity index (χ0n) is 13.8. The van der Waals surface area contributed by atoms with Crippen LogP contribution in [0.3, 0.4) is 0 Å². The van der Waals surface area contributed by atoms with Crippen LogP contribution in [0.1, 0.15) is 5.56 Å². The molecule has 1 fully saturated rings. The van der Waals surface area contributed by atoms with Crippen molar-refractivity contribution in [3.63, 3.8) is 0 Å². The molecule has 3 aromatic rings. The number of nitrogen functional groups attached to an aromatic ring is 1. The summed E-state index contributed by atoms with van der Waals surface area (Å²) in [6, 6.07) is 10.8. The van der Waals surface area contributed by atoms with E-state index in [0.29, 0.717) is 11.4 Å². The maximum atomic E-state index is 14.4. The van der Waals surface area contributed by atoms with Crippen molar-refractivity contribution in [1.29, 1.82) is 0 Å². The van der Waals surface area contributed by atoms with Crippen LogP contribution in [0.5, 0.6) is 5.75 Å². The van der Waals surface area contributed by atoms with Gasteiger partial charge in [-0.2, -0.15) is 0 Å². The summed E-state index contributed by atoms with van der Waals surface area (Å²) in [5.41, 5.74) is 9.06. The van der Waals surface area contributed by atoms with E-state index in [4.69, 9.17) is 10.5 Å². The lowest BCUT2D eigenvalue weighted by molar-refractivity contribution is 0.0400. The number of hydrogen-bond donors (Lipinski definition) is 2. The summed E-state index contributed by atoms with van der Waals surface area (Å²) in [4.78, 5) is 5.32. The number of rotatable bonds is 3. The highest BCUT2D eigenvalue weighted by Crippen LogP contribution is 2.36. The molecule has 2 aromatic carbocycles. The predicted octanol–water partition coefficient (Wildman–Crippen LogP) is 3.56. The smallest absolute Gasteiger partial charge is 0.131 e. The fourth-order valence-electron chi connectivity index (χ4n) is 3.36. The lowest BCUT2D eigenvalue weighted by Gasteiger charge is -2.36. The molecule has 1 aliphatic rings. The quantitative estimate of drug-likeness (QED) is 0.774. The Morgan fingerprint density at radius 3 is 2.75 bits per heavy atom. The Labute approximate surface area is 140 Å². The molecule has 1 saturated heterocycles. The number of hydrogen-bond acceptors (Lipinski definition) is 3. The number of aromatic amines is 1. The van der Waals surface area contributed by atoms with Crippen molar-refractivity contribution in [2.75, 3.05) is 25.9 Å². The zero-order chi connectivity index (χ0) is 16.8. The van der Waals surface area contributed by atoms with Crippen molar-refractivity contribution in [3.05, 3.63) is 47.8 Å². The molecule has 1 aromatic heterocycles. The van der Waals surface area contributed by atoms with Gasteiger partial charge in [0.1, 0.15) is 23.5 Å². The van der Waals surface area contributed by atoms with E-state index in [1.165, 1.54) is 6.07 Å². The molecule has 0 amide bonds. The van der Waals surface area contributed by atoms with E-state index < -0.39 is 0 Å². The van der Waals surface area contributed by atoms with Crippen LogP contribution >= 0.6 is 0 Å². The third-order valence-corrected chi connectivity index (χ3v) is 4.56. The van der Waals surface area contributed by atoms with Crippen LogP contribution in [0.4, 0.5) is 10.2 Å². The van der Waals surface area contributed by atoms with Gasteiger partial charge in [0, 0.05) is 24.0 Å². The summed E-state index contributed by atoms with van der Waals surface area (Å²) in [6.45, 7) is 3.70. The first-order valence-electron chi connectivity index (χ1n) is 8.04. The zero-order valence-corrected chi connectivity index (χ0v) is 13.8. The molecule has 0 unspecified atom stereocenters. The molecule has 3 N–H and O–H groups in total. The number of H-pyrrole nitrogens is 1. The first kappa shape index (κ1) is 15.0. The summed E-state index contributed by atoms with van der Waals surface area (Å²) in [7, 11) is 2.06. The number of anilines is 1. The number of aryl methyl sites for hydroxylation is 1. The van der Waals surface area contributed by atoms with Gasteiger partial charge in [0.05, 0.1) is 5.52 Å². The fourth-order valence-corrected chi connectivity index (χ4v) is 3.36. The molecule has 0 radical (unpaired) electrons. The fraction of sp³-hybridized carbons (Fsp3) is 0.263. The van der Waals surface area contributed by atoms with Crippen LogP contribution in [-0.2, 0) is 0 Å². The molecular formula is C19H20FN3O. The highest BCUT2D eigenvalue weighted by Gasteiger charge is 2.26. The Bertz CT molecular complexity index is 892. The van der Waals surface area contributed by atoms with Gasteiger partial charge in [-0.15, -0.1) is 0 Å². The van der Waals surface area contributed by atoms with Gasteiger partial charge in [0.2, 0.25) is 0 Å². The minimum absolute atomic E-state index is 0.159. The number of benzene rings is 2. The lowest BCUT2D eigenvalue weighted by Crippen LogP contribution is -2.51. The maximum Gasteiger partial charge on any atom is 0.131 e.